The Kier molecular flexibility index (Phi) is 8.76. The highest BCUT2D eigenvalue weighted by atomic mass is 16.5. The van der Waals surface area contributed by atoms with E-state index in [1.54, 1.807) is 19.1 Å². The van der Waals surface area contributed by atoms with Crippen molar-refractivity contribution >= 4 is 11.8 Å². The van der Waals surface area contributed by atoms with Gasteiger partial charge in [-0.05, 0) is 29.7 Å². The third-order valence-corrected chi connectivity index (χ3v) is 5.08. The SMILES string of the molecule is COc1ccc(CCNC(=O)CCN(Cc2ccccc2)C(=O)c2cnccn2)cc1OC. The van der Waals surface area contributed by atoms with Crippen LogP contribution >= 0.6 is 0 Å². The molecular formula is C25H28N4O4. The predicted molar refractivity (Wildman–Crippen MR) is 124 cm³/mol. The van der Waals surface area contributed by atoms with Crippen LogP contribution in [0.15, 0.2) is 67.1 Å². The number of nitrogens with one attached hydrogen (secondary N) is 1. The summed E-state index contributed by atoms with van der Waals surface area (Å²) in [4.78, 5) is 35.1. The van der Waals surface area contributed by atoms with Gasteiger partial charge in [0, 0.05) is 38.4 Å². The van der Waals surface area contributed by atoms with Gasteiger partial charge in [0.1, 0.15) is 5.69 Å². The maximum absolute atomic E-state index is 12.9. The number of methoxy groups -OCH3 is 2. The third-order valence-electron chi connectivity index (χ3n) is 5.08. The molecule has 2 amide bonds. The highest BCUT2D eigenvalue weighted by molar-refractivity contribution is 5.92. The summed E-state index contributed by atoms with van der Waals surface area (Å²) in [7, 11) is 3.18. The summed E-state index contributed by atoms with van der Waals surface area (Å²) in [6.45, 7) is 1.13. The number of rotatable bonds is 11. The predicted octanol–water partition coefficient (Wildman–Crippen LogP) is 2.89. The number of nitrogens with zero attached hydrogens (tertiary/aromatic N) is 3. The molecule has 0 saturated heterocycles. The molecule has 1 aromatic heterocycles. The smallest absolute Gasteiger partial charge is 0.274 e. The van der Waals surface area contributed by atoms with Gasteiger partial charge in [-0.1, -0.05) is 36.4 Å². The standard InChI is InChI=1S/C25H28N4O4/c1-32-22-9-8-19(16-23(22)33-2)10-12-28-24(30)11-15-29(18-20-6-4-3-5-7-20)25(31)21-17-26-13-14-27-21/h3-9,13-14,16-17H,10-12,15,18H2,1-2H3,(H,28,30). The number of aromatic nitrogens is 2. The van der Waals surface area contributed by atoms with Crippen molar-refractivity contribution < 1.29 is 19.1 Å². The molecule has 0 unspecified atom stereocenters. The van der Waals surface area contributed by atoms with Gasteiger partial charge >= 0.3 is 0 Å². The summed E-state index contributed by atoms with van der Waals surface area (Å²) in [6, 6.07) is 15.3. The Morgan fingerprint density at radius 1 is 0.970 bits per heavy atom. The number of ether oxygens (including phenoxy) is 2. The molecule has 3 aromatic rings. The van der Waals surface area contributed by atoms with Gasteiger partial charge in [-0.25, -0.2) is 4.98 Å². The zero-order chi connectivity index (χ0) is 23.5. The normalized spacial score (nSPS) is 10.4. The molecule has 0 saturated carbocycles. The fourth-order valence-corrected chi connectivity index (χ4v) is 3.34. The molecule has 8 nitrogen and oxygen atoms in total. The highest BCUT2D eigenvalue weighted by Gasteiger charge is 2.18. The monoisotopic (exact) mass is 448 g/mol. The van der Waals surface area contributed by atoms with Crippen molar-refractivity contribution in [2.45, 2.75) is 19.4 Å². The summed E-state index contributed by atoms with van der Waals surface area (Å²) in [5.74, 6) is 0.933. The van der Waals surface area contributed by atoms with Crippen molar-refractivity contribution in [2.24, 2.45) is 0 Å². The van der Waals surface area contributed by atoms with Crippen LogP contribution in [-0.4, -0.2) is 54.0 Å². The van der Waals surface area contributed by atoms with E-state index in [2.05, 4.69) is 15.3 Å². The Balaban J connectivity index is 1.55. The number of hydrogen-bond acceptors (Lipinski definition) is 6. The average Bonchev–Trinajstić information content (AvgIpc) is 2.87. The number of carbonyl (C=O) groups excluding carboxylic acids is 2. The molecule has 1 heterocycles. The van der Waals surface area contributed by atoms with Crippen molar-refractivity contribution in [3.63, 3.8) is 0 Å². The molecule has 0 aliphatic heterocycles. The van der Waals surface area contributed by atoms with Gasteiger partial charge < -0.3 is 19.7 Å². The van der Waals surface area contributed by atoms with E-state index in [0.29, 0.717) is 31.0 Å². The molecule has 0 spiro atoms. The van der Waals surface area contributed by atoms with E-state index >= 15 is 0 Å². The van der Waals surface area contributed by atoms with Gasteiger partial charge in [-0.3, -0.25) is 14.6 Å². The lowest BCUT2D eigenvalue weighted by atomic mass is 10.1. The number of hydrogen-bond donors (Lipinski definition) is 1. The Morgan fingerprint density at radius 2 is 1.76 bits per heavy atom. The fourth-order valence-electron chi connectivity index (χ4n) is 3.34. The maximum atomic E-state index is 12.9. The van der Waals surface area contributed by atoms with E-state index in [-0.39, 0.29) is 30.5 Å². The van der Waals surface area contributed by atoms with Gasteiger partial charge in [-0.2, -0.15) is 0 Å². The quantitative estimate of drug-likeness (QED) is 0.485. The lowest BCUT2D eigenvalue weighted by Crippen LogP contribution is -2.35. The van der Waals surface area contributed by atoms with Gasteiger partial charge in [0.05, 0.1) is 20.4 Å². The van der Waals surface area contributed by atoms with Crippen LogP contribution in [0.25, 0.3) is 0 Å². The molecule has 1 N–H and O–H groups in total. The first-order valence-corrected chi connectivity index (χ1v) is 10.7. The van der Waals surface area contributed by atoms with Crippen LogP contribution in [-0.2, 0) is 17.8 Å². The van der Waals surface area contributed by atoms with Crippen molar-refractivity contribution in [3.8, 4) is 11.5 Å². The third kappa shape index (κ3) is 7.03. The molecule has 0 bridgehead atoms. The van der Waals surface area contributed by atoms with E-state index in [1.165, 1.54) is 18.6 Å². The molecule has 2 aromatic carbocycles. The van der Waals surface area contributed by atoms with Crippen LogP contribution in [0.1, 0.15) is 28.0 Å². The van der Waals surface area contributed by atoms with Crippen molar-refractivity contribution in [1.82, 2.24) is 20.2 Å². The van der Waals surface area contributed by atoms with Crippen LogP contribution in [0.4, 0.5) is 0 Å². The Bertz CT molecular complexity index is 1040. The van der Waals surface area contributed by atoms with Crippen LogP contribution in [0, 0.1) is 0 Å². The maximum Gasteiger partial charge on any atom is 0.274 e. The number of carbonyl (C=O) groups is 2. The van der Waals surface area contributed by atoms with Gasteiger partial charge in [-0.15, -0.1) is 0 Å². The first-order chi connectivity index (χ1) is 16.1. The Morgan fingerprint density at radius 3 is 2.45 bits per heavy atom. The molecule has 3 rings (SSSR count). The molecule has 0 aliphatic rings. The summed E-state index contributed by atoms with van der Waals surface area (Å²) in [5.41, 5.74) is 2.25. The zero-order valence-electron chi connectivity index (χ0n) is 18.9. The second-order valence-corrected chi connectivity index (χ2v) is 7.34. The topological polar surface area (TPSA) is 93.7 Å². The highest BCUT2D eigenvalue weighted by Crippen LogP contribution is 2.27. The molecule has 0 aliphatic carbocycles. The molecule has 0 atom stereocenters. The molecule has 0 fully saturated rings. The lowest BCUT2D eigenvalue weighted by molar-refractivity contribution is -0.121. The second kappa shape index (κ2) is 12.2. The minimum atomic E-state index is -0.259. The lowest BCUT2D eigenvalue weighted by Gasteiger charge is -2.22. The summed E-state index contributed by atoms with van der Waals surface area (Å²) < 4.78 is 10.6. The Labute approximate surface area is 193 Å². The van der Waals surface area contributed by atoms with Crippen LogP contribution in [0.2, 0.25) is 0 Å². The minimum Gasteiger partial charge on any atom is -0.493 e. The zero-order valence-corrected chi connectivity index (χ0v) is 18.9. The summed E-state index contributed by atoms with van der Waals surface area (Å²) >= 11 is 0. The van der Waals surface area contributed by atoms with Crippen molar-refractivity contribution in [3.05, 3.63) is 83.9 Å². The first-order valence-electron chi connectivity index (χ1n) is 10.7. The van der Waals surface area contributed by atoms with Crippen LogP contribution in [0.5, 0.6) is 11.5 Å². The first kappa shape index (κ1) is 23.7. The van der Waals surface area contributed by atoms with Crippen molar-refractivity contribution in [1.29, 1.82) is 0 Å². The molecule has 0 radical (unpaired) electrons. The van der Waals surface area contributed by atoms with E-state index in [0.717, 1.165) is 11.1 Å². The molecule has 8 heteroatoms. The molecule has 33 heavy (non-hydrogen) atoms. The summed E-state index contributed by atoms with van der Waals surface area (Å²) in [5, 5.41) is 2.92. The van der Waals surface area contributed by atoms with Crippen molar-refractivity contribution in [2.75, 3.05) is 27.3 Å². The van der Waals surface area contributed by atoms with E-state index in [1.807, 2.05) is 48.5 Å². The number of amides is 2. The summed E-state index contributed by atoms with van der Waals surface area (Å²) in [6.07, 6.45) is 5.27. The minimum absolute atomic E-state index is 0.125. The van der Waals surface area contributed by atoms with Gasteiger partial charge in [0.2, 0.25) is 5.91 Å². The average molecular weight is 449 g/mol. The van der Waals surface area contributed by atoms with E-state index in [4.69, 9.17) is 9.47 Å². The van der Waals surface area contributed by atoms with Crippen LogP contribution < -0.4 is 14.8 Å². The molecular weight excluding hydrogens is 420 g/mol. The number of benzene rings is 2. The van der Waals surface area contributed by atoms with E-state index < -0.39 is 0 Å². The Hall–Kier alpha value is -3.94. The van der Waals surface area contributed by atoms with E-state index in [9.17, 15) is 9.59 Å². The fraction of sp³-hybridized carbons (Fsp3) is 0.280. The largest absolute Gasteiger partial charge is 0.493 e. The van der Waals surface area contributed by atoms with Crippen LogP contribution in [0.3, 0.4) is 0 Å². The van der Waals surface area contributed by atoms with Gasteiger partial charge in [0.25, 0.3) is 5.91 Å². The van der Waals surface area contributed by atoms with Gasteiger partial charge in [0.15, 0.2) is 11.5 Å². The molecule has 172 valence electrons. The second-order valence-electron chi connectivity index (χ2n) is 7.34.